The van der Waals surface area contributed by atoms with Gasteiger partial charge in [0, 0.05) is 13.2 Å². The second-order valence-electron chi connectivity index (χ2n) is 3.64. The largest absolute Gasteiger partial charge is 0.377 e. The smallest absolute Gasteiger partial charge is 0.147 e. The van der Waals surface area contributed by atoms with Crippen molar-refractivity contribution < 1.29 is 4.39 Å². The molecule has 5 heteroatoms. The number of nitrogens with one attached hydrogen (secondary N) is 1. The van der Waals surface area contributed by atoms with Crippen LogP contribution < -0.4 is 5.32 Å². The lowest BCUT2D eigenvalue weighted by Crippen LogP contribution is -2.03. The van der Waals surface area contributed by atoms with Crippen molar-refractivity contribution in [2.24, 2.45) is 7.05 Å². The van der Waals surface area contributed by atoms with Gasteiger partial charge in [-0.15, -0.1) is 0 Å². The standard InChI is InChI=1S/C12H11FN4/c1-17-5-4-10(16-17)8-15-12-3-2-9(7-14)6-11(12)13/h2-6,15H,8H2,1H3. The summed E-state index contributed by atoms with van der Waals surface area (Å²) in [5, 5.41) is 15.7. The van der Waals surface area contributed by atoms with Crippen LogP contribution >= 0.6 is 0 Å². The van der Waals surface area contributed by atoms with E-state index in [2.05, 4.69) is 10.4 Å². The maximum absolute atomic E-state index is 13.5. The van der Waals surface area contributed by atoms with Crippen LogP contribution in [0.2, 0.25) is 0 Å². The quantitative estimate of drug-likeness (QED) is 0.877. The Balaban J connectivity index is 2.07. The molecule has 2 aromatic rings. The summed E-state index contributed by atoms with van der Waals surface area (Å²) in [6.45, 7) is 0.448. The van der Waals surface area contributed by atoms with Gasteiger partial charge in [0.2, 0.25) is 0 Å². The van der Waals surface area contributed by atoms with E-state index in [1.54, 1.807) is 16.8 Å². The van der Waals surface area contributed by atoms with Crippen molar-refractivity contribution in [3.63, 3.8) is 0 Å². The van der Waals surface area contributed by atoms with E-state index in [1.807, 2.05) is 25.4 Å². The van der Waals surface area contributed by atoms with E-state index in [0.29, 0.717) is 17.8 Å². The van der Waals surface area contributed by atoms with E-state index in [1.165, 1.54) is 6.07 Å². The molecule has 0 fully saturated rings. The molecule has 86 valence electrons. The molecule has 1 N–H and O–H groups in total. The van der Waals surface area contributed by atoms with Crippen molar-refractivity contribution in [3.8, 4) is 6.07 Å². The Labute approximate surface area is 98.3 Å². The van der Waals surface area contributed by atoms with Gasteiger partial charge in [-0.25, -0.2) is 4.39 Å². The average molecular weight is 230 g/mol. The summed E-state index contributed by atoms with van der Waals surface area (Å²) in [6.07, 6.45) is 1.83. The first-order valence-electron chi connectivity index (χ1n) is 5.11. The molecule has 17 heavy (non-hydrogen) atoms. The van der Waals surface area contributed by atoms with Crippen molar-refractivity contribution in [2.75, 3.05) is 5.32 Å². The van der Waals surface area contributed by atoms with Gasteiger partial charge in [0.1, 0.15) is 5.82 Å². The Morgan fingerprint density at radius 1 is 1.47 bits per heavy atom. The Morgan fingerprint density at radius 2 is 2.29 bits per heavy atom. The monoisotopic (exact) mass is 230 g/mol. The summed E-state index contributed by atoms with van der Waals surface area (Å²) in [7, 11) is 1.83. The summed E-state index contributed by atoms with van der Waals surface area (Å²) in [5.41, 5.74) is 1.51. The lowest BCUT2D eigenvalue weighted by atomic mass is 10.2. The fourth-order valence-corrected chi connectivity index (χ4v) is 1.47. The number of anilines is 1. The number of halogens is 1. The van der Waals surface area contributed by atoms with Crippen LogP contribution in [0.1, 0.15) is 11.3 Å². The van der Waals surface area contributed by atoms with E-state index in [-0.39, 0.29) is 0 Å². The topological polar surface area (TPSA) is 53.6 Å². The summed E-state index contributed by atoms with van der Waals surface area (Å²) in [4.78, 5) is 0. The van der Waals surface area contributed by atoms with E-state index in [9.17, 15) is 4.39 Å². The number of nitriles is 1. The van der Waals surface area contributed by atoms with Gasteiger partial charge >= 0.3 is 0 Å². The van der Waals surface area contributed by atoms with Crippen LogP contribution in [0.4, 0.5) is 10.1 Å². The molecular formula is C12H11FN4. The normalized spacial score (nSPS) is 9.94. The summed E-state index contributed by atoms with van der Waals surface area (Å²) in [6, 6.07) is 8.08. The molecule has 0 unspecified atom stereocenters. The molecule has 0 saturated heterocycles. The fraction of sp³-hybridized carbons (Fsp3) is 0.167. The molecule has 0 amide bonds. The molecule has 4 nitrogen and oxygen atoms in total. The van der Waals surface area contributed by atoms with Gasteiger partial charge < -0.3 is 5.32 Å². The number of benzene rings is 1. The minimum Gasteiger partial charge on any atom is -0.377 e. The molecule has 0 aliphatic rings. The van der Waals surface area contributed by atoms with Gasteiger partial charge in [-0.3, -0.25) is 4.68 Å². The van der Waals surface area contributed by atoms with Crippen molar-refractivity contribution in [3.05, 3.63) is 47.5 Å². The van der Waals surface area contributed by atoms with Crippen molar-refractivity contribution >= 4 is 5.69 Å². The first-order valence-corrected chi connectivity index (χ1v) is 5.11. The third kappa shape index (κ3) is 2.61. The zero-order chi connectivity index (χ0) is 12.3. The van der Waals surface area contributed by atoms with Gasteiger partial charge in [0.05, 0.1) is 29.6 Å². The molecule has 0 radical (unpaired) electrons. The van der Waals surface area contributed by atoms with Crippen LogP contribution in [-0.4, -0.2) is 9.78 Å². The summed E-state index contributed by atoms with van der Waals surface area (Å²) < 4.78 is 15.2. The Bertz CT molecular complexity index is 568. The van der Waals surface area contributed by atoms with Gasteiger partial charge in [-0.2, -0.15) is 10.4 Å². The van der Waals surface area contributed by atoms with Gasteiger partial charge in [0.15, 0.2) is 0 Å². The third-order valence-corrected chi connectivity index (χ3v) is 2.33. The molecule has 0 spiro atoms. The number of nitrogens with zero attached hydrogens (tertiary/aromatic N) is 3. The molecule has 1 aromatic heterocycles. The minimum absolute atomic E-state index is 0.311. The number of hydrogen-bond acceptors (Lipinski definition) is 3. The predicted molar refractivity (Wildman–Crippen MR) is 61.6 cm³/mol. The minimum atomic E-state index is -0.431. The third-order valence-electron chi connectivity index (χ3n) is 2.33. The number of rotatable bonds is 3. The van der Waals surface area contributed by atoms with Crippen molar-refractivity contribution in [1.29, 1.82) is 5.26 Å². The molecule has 0 aliphatic carbocycles. The summed E-state index contributed by atoms with van der Waals surface area (Å²) in [5.74, 6) is -0.431. The summed E-state index contributed by atoms with van der Waals surface area (Å²) >= 11 is 0. The average Bonchev–Trinajstić information content (AvgIpc) is 2.73. The van der Waals surface area contributed by atoms with Crippen LogP contribution in [0.25, 0.3) is 0 Å². The van der Waals surface area contributed by atoms with Crippen LogP contribution in [0.5, 0.6) is 0 Å². The highest BCUT2D eigenvalue weighted by Crippen LogP contribution is 2.15. The van der Waals surface area contributed by atoms with E-state index in [4.69, 9.17) is 5.26 Å². The van der Waals surface area contributed by atoms with Gasteiger partial charge in [0.25, 0.3) is 0 Å². The van der Waals surface area contributed by atoms with Gasteiger partial charge in [-0.1, -0.05) is 0 Å². The van der Waals surface area contributed by atoms with E-state index in [0.717, 1.165) is 5.69 Å². The lowest BCUT2D eigenvalue weighted by molar-refractivity contribution is 0.629. The van der Waals surface area contributed by atoms with Crippen molar-refractivity contribution in [1.82, 2.24) is 9.78 Å². The molecule has 1 heterocycles. The van der Waals surface area contributed by atoms with Crippen LogP contribution in [0, 0.1) is 17.1 Å². The number of aromatic nitrogens is 2. The first kappa shape index (κ1) is 11.1. The Kier molecular flexibility index (Phi) is 3.06. The molecular weight excluding hydrogens is 219 g/mol. The SMILES string of the molecule is Cn1ccc(CNc2ccc(C#N)cc2F)n1. The maximum atomic E-state index is 13.5. The Morgan fingerprint density at radius 3 is 2.88 bits per heavy atom. The second kappa shape index (κ2) is 4.66. The van der Waals surface area contributed by atoms with Crippen molar-refractivity contribution in [2.45, 2.75) is 6.54 Å². The second-order valence-corrected chi connectivity index (χ2v) is 3.64. The first-order chi connectivity index (χ1) is 8.19. The molecule has 1 aromatic carbocycles. The highest BCUT2D eigenvalue weighted by atomic mass is 19.1. The number of hydrogen-bond donors (Lipinski definition) is 1. The highest BCUT2D eigenvalue weighted by Gasteiger charge is 2.04. The van der Waals surface area contributed by atoms with Crippen LogP contribution in [0.3, 0.4) is 0 Å². The molecule has 0 bridgehead atoms. The lowest BCUT2D eigenvalue weighted by Gasteiger charge is -2.05. The van der Waals surface area contributed by atoms with Gasteiger partial charge in [-0.05, 0) is 24.3 Å². The van der Waals surface area contributed by atoms with E-state index >= 15 is 0 Å². The highest BCUT2D eigenvalue weighted by molar-refractivity contribution is 5.48. The zero-order valence-corrected chi connectivity index (χ0v) is 9.31. The predicted octanol–water partition coefficient (Wildman–Crippen LogP) is 2.04. The van der Waals surface area contributed by atoms with E-state index < -0.39 is 5.82 Å². The van der Waals surface area contributed by atoms with Crippen LogP contribution in [-0.2, 0) is 13.6 Å². The van der Waals surface area contributed by atoms with Crippen LogP contribution in [0.15, 0.2) is 30.5 Å². The zero-order valence-electron chi connectivity index (χ0n) is 9.31. The molecule has 0 aliphatic heterocycles. The maximum Gasteiger partial charge on any atom is 0.147 e. The Hall–Kier alpha value is -2.35. The molecule has 0 saturated carbocycles. The molecule has 2 rings (SSSR count). The molecule has 0 atom stereocenters. The number of aryl methyl sites for hydroxylation is 1. The fourth-order valence-electron chi connectivity index (χ4n) is 1.47.